The van der Waals surface area contributed by atoms with Crippen molar-refractivity contribution in [3.05, 3.63) is 51.6 Å². The van der Waals surface area contributed by atoms with Crippen molar-refractivity contribution in [3.8, 4) is 0 Å². The highest BCUT2D eigenvalue weighted by Crippen LogP contribution is 2.34. The molecule has 0 radical (unpaired) electrons. The first kappa shape index (κ1) is 17.2. The van der Waals surface area contributed by atoms with Crippen LogP contribution in [0.4, 0.5) is 0 Å². The molecule has 0 spiro atoms. The van der Waals surface area contributed by atoms with Crippen LogP contribution in [-0.2, 0) is 19.6 Å². The molecule has 1 aliphatic heterocycles. The Morgan fingerprint density at radius 3 is 3.04 bits per heavy atom. The Morgan fingerprint density at radius 2 is 2.25 bits per heavy atom. The van der Waals surface area contributed by atoms with Gasteiger partial charge in [0.1, 0.15) is 0 Å². The molecule has 0 bridgehead atoms. The number of hydrogen-bond donors (Lipinski definition) is 2. The Kier molecular flexibility index (Phi) is 5.10. The van der Waals surface area contributed by atoms with Gasteiger partial charge in [0.15, 0.2) is 5.69 Å². The number of benzene rings is 1. The normalized spacial score (nSPS) is 13.4. The van der Waals surface area contributed by atoms with Crippen LogP contribution in [0.5, 0.6) is 0 Å². The Hall–Kier alpha value is -1.60. The first-order valence-corrected chi connectivity index (χ1v) is 8.63. The zero-order valence-corrected chi connectivity index (χ0v) is 15.1. The third-order valence-electron chi connectivity index (χ3n) is 3.91. The van der Waals surface area contributed by atoms with E-state index in [0.717, 1.165) is 45.3 Å². The van der Waals surface area contributed by atoms with Crippen molar-refractivity contribution in [2.45, 2.75) is 19.6 Å². The molecule has 0 fully saturated rings. The summed E-state index contributed by atoms with van der Waals surface area (Å²) in [6.07, 6.45) is 0. The molecule has 3 aromatic rings. The van der Waals surface area contributed by atoms with Crippen LogP contribution in [0.1, 0.15) is 21.1 Å². The lowest BCUT2D eigenvalue weighted by Crippen LogP contribution is -2.28. The summed E-state index contributed by atoms with van der Waals surface area (Å²) in [5.74, 6) is -0.166. The molecule has 0 atom stereocenters. The van der Waals surface area contributed by atoms with Gasteiger partial charge in [-0.1, -0.05) is 29.8 Å². The first-order valence-electron chi connectivity index (χ1n) is 7.44. The molecule has 0 saturated heterocycles. The molecule has 2 N–H and O–H groups in total. The molecule has 0 aliphatic carbocycles. The Labute approximate surface area is 154 Å². The summed E-state index contributed by atoms with van der Waals surface area (Å²) in [6, 6.07) is 9.83. The summed E-state index contributed by atoms with van der Waals surface area (Å²) in [6.45, 7) is 2.85. The number of nitrogens with one attached hydrogen (secondary N) is 2. The molecule has 24 heavy (non-hydrogen) atoms. The van der Waals surface area contributed by atoms with Crippen LogP contribution in [0, 0.1) is 0 Å². The number of carbonyl (C=O) groups excluding carboxylic acids is 1. The molecule has 4 rings (SSSR count). The summed E-state index contributed by atoms with van der Waals surface area (Å²) in [5, 5.41) is 12.3. The van der Waals surface area contributed by atoms with Gasteiger partial charge in [0.05, 0.1) is 23.8 Å². The smallest absolute Gasteiger partial charge is 0.272 e. The standard InChI is InChI=1S/C16H15ClN4OS.ClH/c17-15-11-3-1-2-4-13(11)23-14(15)9-19-16(22)12-7-10-8-18-5-6-21(10)20-12;/h1-4,7,18H,5-6,8-9H2,(H,19,22);1H. The molecule has 126 valence electrons. The topological polar surface area (TPSA) is 59.0 Å². The largest absolute Gasteiger partial charge is 0.346 e. The fourth-order valence-corrected chi connectivity index (χ4v) is 4.17. The summed E-state index contributed by atoms with van der Waals surface area (Å²) in [5.41, 5.74) is 1.50. The maximum atomic E-state index is 12.3. The summed E-state index contributed by atoms with van der Waals surface area (Å²) in [4.78, 5) is 13.3. The van der Waals surface area contributed by atoms with Gasteiger partial charge in [0.25, 0.3) is 5.91 Å². The number of fused-ring (bicyclic) bond motifs is 2. The van der Waals surface area contributed by atoms with Crippen LogP contribution in [0.2, 0.25) is 5.02 Å². The second kappa shape index (κ2) is 7.11. The summed E-state index contributed by atoms with van der Waals surface area (Å²) in [7, 11) is 0. The fraction of sp³-hybridized carbons (Fsp3) is 0.250. The van der Waals surface area contributed by atoms with E-state index in [1.54, 1.807) is 11.3 Å². The van der Waals surface area contributed by atoms with Crippen molar-refractivity contribution in [1.82, 2.24) is 20.4 Å². The predicted molar refractivity (Wildman–Crippen MR) is 99.2 cm³/mol. The van der Waals surface area contributed by atoms with Crippen molar-refractivity contribution in [2.24, 2.45) is 0 Å². The van der Waals surface area contributed by atoms with Crippen LogP contribution >= 0.6 is 35.3 Å². The Balaban J connectivity index is 0.00000169. The first-order chi connectivity index (χ1) is 11.2. The van der Waals surface area contributed by atoms with Gasteiger partial charge < -0.3 is 10.6 Å². The van der Waals surface area contributed by atoms with E-state index in [4.69, 9.17) is 11.6 Å². The molecule has 1 amide bonds. The van der Waals surface area contributed by atoms with E-state index in [1.807, 2.05) is 35.0 Å². The molecule has 8 heteroatoms. The molecule has 0 saturated carbocycles. The van der Waals surface area contributed by atoms with Gasteiger partial charge in [0, 0.05) is 28.1 Å². The van der Waals surface area contributed by atoms with Crippen molar-refractivity contribution in [3.63, 3.8) is 0 Å². The zero-order valence-electron chi connectivity index (χ0n) is 12.7. The molecule has 2 aromatic heterocycles. The lowest BCUT2D eigenvalue weighted by Gasteiger charge is -2.13. The summed E-state index contributed by atoms with van der Waals surface area (Å²) >= 11 is 8.01. The minimum atomic E-state index is -0.166. The van der Waals surface area contributed by atoms with Crippen molar-refractivity contribution in [1.29, 1.82) is 0 Å². The monoisotopic (exact) mass is 382 g/mol. The van der Waals surface area contributed by atoms with E-state index in [9.17, 15) is 4.79 Å². The highest BCUT2D eigenvalue weighted by molar-refractivity contribution is 7.19. The van der Waals surface area contributed by atoms with Crippen molar-refractivity contribution in [2.75, 3.05) is 6.54 Å². The number of thiophene rings is 1. The van der Waals surface area contributed by atoms with Crippen molar-refractivity contribution < 1.29 is 4.79 Å². The number of amides is 1. The fourth-order valence-electron chi connectivity index (χ4n) is 2.73. The maximum absolute atomic E-state index is 12.3. The van der Waals surface area contributed by atoms with Gasteiger partial charge in [0.2, 0.25) is 0 Å². The molecule has 5 nitrogen and oxygen atoms in total. The minimum Gasteiger partial charge on any atom is -0.346 e. The molecule has 0 unspecified atom stereocenters. The average Bonchev–Trinajstić information content (AvgIpc) is 3.15. The number of carbonyl (C=O) groups is 1. The van der Waals surface area contributed by atoms with Gasteiger partial charge in [-0.3, -0.25) is 9.48 Å². The zero-order chi connectivity index (χ0) is 15.8. The molecular formula is C16H16Cl2N4OS. The van der Waals surface area contributed by atoms with Gasteiger partial charge in [-0.2, -0.15) is 5.10 Å². The van der Waals surface area contributed by atoms with Gasteiger partial charge in [-0.25, -0.2) is 0 Å². The number of hydrogen-bond acceptors (Lipinski definition) is 4. The van der Waals surface area contributed by atoms with Crippen molar-refractivity contribution >= 4 is 51.3 Å². The number of halogens is 2. The molecule has 1 aliphatic rings. The highest BCUT2D eigenvalue weighted by atomic mass is 35.5. The number of rotatable bonds is 3. The van der Waals surface area contributed by atoms with Gasteiger partial charge in [-0.15, -0.1) is 23.7 Å². The van der Waals surface area contributed by atoms with Crippen LogP contribution < -0.4 is 10.6 Å². The second-order valence-electron chi connectivity index (χ2n) is 5.44. The van der Waals surface area contributed by atoms with E-state index in [1.165, 1.54) is 0 Å². The Bertz CT molecular complexity index is 866. The molecule has 3 heterocycles. The third-order valence-corrected chi connectivity index (χ3v) is 5.63. The average molecular weight is 383 g/mol. The van der Waals surface area contributed by atoms with E-state index >= 15 is 0 Å². The predicted octanol–water partition coefficient (Wildman–Crippen LogP) is 3.21. The van der Waals surface area contributed by atoms with Crippen LogP contribution in [-0.4, -0.2) is 22.2 Å². The minimum absolute atomic E-state index is 0. The lowest BCUT2D eigenvalue weighted by molar-refractivity contribution is 0.0945. The van der Waals surface area contributed by atoms with E-state index < -0.39 is 0 Å². The van der Waals surface area contributed by atoms with Gasteiger partial charge >= 0.3 is 0 Å². The third kappa shape index (κ3) is 3.15. The quantitative estimate of drug-likeness (QED) is 0.730. The highest BCUT2D eigenvalue weighted by Gasteiger charge is 2.17. The maximum Gasteiger partial charge on any atom is 0.272 e. The molecule has 1 aromatic carbocycles. The second-order valence-corrected chi connectivity index (χ2v) is 6.95. The number of aromatic nitrogens is 2. The van der Waals surface area contributed by atoms with E-state index in [-0.39, 0.29) is 18.3 Å². The number of nitrogens with zero attached hydrogens (tertiary/aromatic N) is 2. The summed E-state index contributed by atoms with van der Waals surface area (Å²) < 4.78 is 3.02. The lowest BCUT2D eigenvalue weighted by atomic mass is 10.2. The van der Waals surface area contributed by atoms with Crippen LogP contribution in [0.25, 0.3) is 10.1 Å². The van der Waals surface area contributed by atoms with Crippen LogP contribution in [0.3, 0.4) is 0 Å². The van der Waals surface area contributed by atoms with E-state index in [2.05, 4.69) is 15.7 Å². The van der Waals surface area contributed by atoms with Gasteiger partial charge in [-0.05, 0) is 12.1 Å². The molecular weight excluding hydrogens is 367 g/mol. The Morgan fingerprint density at radius 1 is 1.42 bits per heavy atom. The SMILES string of the molecule is Cl.O=C(NCc1sc2ccccc2c1Cl)c1cc2n(n1)CCNC2. The van der Waals surface area contributed by atoms with E-state index in [0.29, 0.717) is 12.2 Å². The van der Waals surface area contributed by atoms with Crippen LogP contribution in [0.15, 0.2) is 30.3 Å².